The lowest BCUT2D eigenvalue weighted by Crippen LogP contribution is -2.61. The minimum Gasteiger partial charge on any atom is -0.508 e. The highest BCUT2D eigenvalue weighted by Gasteiger charge is 2.61. The van der Waals surface area contributed by atoms with Crippen LogP contribution >= 0.6 is 0 Å². The molecule has 4 N–H and O–H groups in total. The number of carbonyl (C=O) groups excluding carboxylic acids is 3. The Morgan fingerprint density at radius 2 is 1.82 bits per heavy atom. The van der Waals surface area contributed by atoms with E-state index in [0.717, 1.165) is 19.6 Å². The first-order chi connectivity index (χ1) is 21.4. The molecule has 0 fully saturated rings. The molecule has 2 unspecified atom stereocenters. The van der Waals surface area contributed by atoms with E-state index >= 15 is 0 Å². The van der Waals surface area contributed by atoms with Crippen molar-refractivity contribution in [1.29, 1.82) is 0 Å². The highest BCUT2D eigenvalue weighted by atomic mass is 16.3. The zero-order valence-electron chi connectivity index (χ0n) is 26.3. The van der Waals surface area contributed by atoms with Gasteiger partial charge in [0.1, 0.15) is 17.2 Å². The molecule has 0 heterocycles. The summed E-state index contributed by atoms with van der Waals surface area (Å²) in [5.41, 5.74) is -0.780. The van der Waals surface area contributed by atoms with E-state index < -0.39 is 40.7 Å². The van der Waals surface area contributed by atoms with E-state index in [0.29, 0.717) is 28.8 Å². The van der Waals surface area contributed by atoms with Crippen molar-refractivity contribution in [2.24, 2.45) is 17.0 Å². The molecule has 5 rings (SSSR count). The lowest BCUT2D eigenvalue weighted by molar-refractivity contribution is -0.130. The maximum Gasteiger partial charge on any atom is 0.251 e. The molecule has 0 saturated carbocycles. The maximum atomic E-state index is 14.1. The Morgan fingerprint density at radius 1 is 1.11 bits per heavy atom. The van der Waals surface area contributed by atoms with E-state index in [1.807, 2.05) is 6.07 Å². The van der Waals surface area contributed by atoms with Crippen LogP contribution in [-0.4, -0.2) is 94.5 Å². The number of rotatable bonds is 9. The molecule has 0 saturated heterocycles. The number of aliphatic hydroxyl groups excluding tert-OH is 1. The molecule has 1 amide bonds. The van der Waals surface area contributed by atoms with Crippen LogP contribution in [0.1, 0.15) is 53.5 Å². The number of amides is 1. The summed E-state index contributed by atoms with van der Waals surface area (Å²) in [7, 11) is 3.35. The van der Waals surface area contributed by atoms with Gasteiger partial charge in [0.15, 0.2) is 17.2 Å². The van der Waals surface area contributed by atoms with Crippen LogP contribution in [0.15, 0.2) is 64.2 Å². The van der Waals surface area contributed by atoms with Crippen LogP contribution in [0.25, 0.3) is 11.1 Å². The monoisotopic (exact) mass is 616 g/mol. The number of allylic oxidation sites excluding steroid dienone is 1. The van der Waals surface area contributed by atoms with Crippen LogP contribution in [-0.2, 0) is 11.2 Å². The summed E-state index contributed by atoms with van der Waals surface area (Å²) < 4.78 is 0. The predicted octanol–water partition coefficient (Wildman–Crippen LogP) is 3.60. The first kappa shape index (κ1) is 32.2. The zero-order chi connectivity index (χ0) is 32.8. The molecule has 0 aliphatic heterocycles. The number of hydrogen-bond acceptors (Lipinski definition) is 10. The zero-order valence-corrected chi connectivity index (χ0v) is 26.3. The van der Waals surface area contributed by atoms with Crippen LogP contribution in [0.5, 0.6) is 5.75 Å². The minimum atomic E-state index is -2.34. The summed E-state index contributed by atoms with van der Waals surface area (Å²) in [4.78, 5) is 56.7. The normalized spacial score (nSPS) is 24.5. The molecule has 3 aliphatic carbocycles. The number of benzene rings is 2. The highest BCUT2D eigenvalue weighted by Crippen LogP contribution is 2.54. The molecule has 0 bridgehead atoms. The van der Waals surface area contributed by atoms with E-state index in [2.05, 4.69) is 29.2 Å². The SMILES string of the molecule is CCN(CC)CCNC(=O)c1cccc(-c2ccc(O)c3c2CC2C[C@H]4C(N(C)C)C(=O)C(C)=C(O)[C@@]4(O)C(N=O)=C2C3=O)c1. The molecule has 2 aromatic carbocycles. The van der Waals surface area contributed by atoms with Crippen LogP contribution in [0.2, 0.25) is 0 Å². The van der Waals surface area contributed by atoms with Crippen molar-refractivity contribution in [2.45, 2.75) is 45.3 Å². The Morgan fingerprint density at radius 3 is 2.47 bits per heavy atom. The molecular weight excluding hydrogens is 576 g/mol. The van der Waals surface area contributed by atoms with Crippen molar-refractivity contribution in [3.8, 4) is 16.9 Å². The third kappa shape index (κ3) is 5.18. The number of phenols is 1. The Balaban J connectivity index is 1.57. The predicted molar refractivity (Wildman–Crippen MR) is 169 cm³/mol. The number of likely N-dealkylation sites (N-methyl/N-ethyl adjacent to an activating group) is 2. The number of phenolic OH excluding ortho intramolecular Hbond substituents is 1. The fourth-order valence-corrected chi connectivity index (χ4v) is 7.36. The van der Waals surface area contributed by atoms with E-state index in [-0.39, 0.29) is 47.0 Å². The van der Waals surface area contributed by atoms with Gasteiger partial charge in [-0.25, -0.2) is 0 Å². The smallest absolute Gasteiger partial charge is 0.251 e. The standard InChI is InChI=1S/C34H40N4O7/c1-6-38(7-2)14-13-35-33(43)20-10-8-9-19(15-20)22-11-12-25(39)27-23(22)16-21-17-24-28(37(4)5)29(40)18(3)32(42)34(24,44)31(36-45)26(21)30(27)41/h8-12,15,21,24,28,39,42,44H,6-7,13-14,16-17H2,1-5H3,(H,35,43)/t21?,24-,28?,34-/m0/s1. The van der Waals surface area contributed by atoms with Gasteiger partial charge in [-0.15, -0.1) is 4.91 Å². The Labute approximate surface area is 262 Å². The van der Waals surface area contributed by atoms with Gasteiger partial charge in [-0.2, -0.15) is 0 Å². The van der Waals surface area contributed by atoms with Crippen molar-refractivity contribution >= 4 is 17.5 Å². The summed E-state index contributed by atoms with van der Waals surface area (Å²) >= 11 is 0. The van der Waals surface area contributed by atoms with Crippen molar-refractivity contribution in [1.82, 2.24) is 15.1 Å². The number of nitrogens with one attached hydrogen (secondary N) is 1. The number of ketones is 2. The number of Topliss-reactive ketones (excluding diaryl/α,β-unsaturated/α-hetero) is 2. The fourth-order valence-electron chi connectivity index (χ4n) is 7.36. The molecule has 11 heteroatoms. The number of nitrogens with zero attached hydrogens (tertiary/aromatic N) is 3. The van der Waals surface area contributed by atoms with Gasteiger partial charge in [0, 0.05) is 35.7 Å². The highest BCUT2D eigenvalue weighted by molar-refractivity contribution is 6.15. The van der Waals surface area contributed by atoms with Crippen molar-refractivity contribution in [3.63, 3.8) is 0 Å². The average molecular weight is 617 g/mol. The van der Waals surface area contributed by atoms with Crippen LogP contribution in [0, 0.1) is 16.7 Å². The fraction of sp³-hybridized carbons (Fsp3) is 0.441. The summed E-state index contributed by atoms with van der Waals surface area (Å²) in [6.07, 6.45) is 0.301. The Hall–Kier alpha value is -4.19. The first-order valence-electron chi connectivity index (χ1n) is 15.3. The quantitative estimate of drug-likeness (QED) is 0.309. The van der Waals surface area contributed by atoms with Crippen molar-refractivity contribution in [3.05, 3.63) is 80.6 Å². The van der Waals surface area contributed by atoms with Crippen LogP contribution in [0.4, 0.5) is 0 Å². The van der Waals surface area contributed by atoms with Crippen molar-refractivity contribution < 1.29 is 29.7 Å². The molecule has 0 aromatic heterocycles. The number of nitroso groups, excluding NO2 is 1. The minimum absolute atomic E-state index is 0.0211. The molecule has 238 valence electrons. The van der Waals surface area contributed by atoms with Gasteiger partial charge in [0.25, 0.3) is 5.91 Å². The summed E-state index contributed by atoms with van der Waals surface area (Å²) in [5, 5.41) is 40.0. The van der Waals surface area contributed by atoms with E-state index in [4.69, 9.17) is 0 Å². The van der Waals surface area contributed by atoms with E-state index in [1.165, 1.54) is 13.0 Å². The average Bonchev–Trinajstić information content (AvgIpc) is 3.02. The molecule has 0 radical (unpaired) electrons. The molecular formula is C34H40N4O7. The van der Waals surface area contributed by atoms with Gasteiger partial charge >= 0.3 is 0 Å². The maximum absolute atomic E-state index is 14.1. The molecule has 45 heavy (non-hydrogen) atoms. The molecule has 0 spiro atoms. The van der Waals surface area contributed by atoms with Gasteiger partial charge in [0.2, 0.25) is 0 Å². The number of hydrogen-bond donors (Lipinski definition) is 4. The van der Waals surface area contributed by atoms with Crippen molar-refractivity contribution in [2.75, 3.05) is 40.3 Å². The van der Waals surface area contributed by atoms with Gasteiger partial charge in [0.05, 0.1) is 11.6 Å². The number of aromatic hydroxyl groups is 1. The van der Waals surface area contributed by atoms with Gasteiger partial charge in [-0.05, 0) is 92.9 Å². The Bertz CT molecular complexity index is 1640. The second-order valence-electron chi connectivity index (χ2n) is 12.3. The van der Waals surface area contributed by atoms with E-state index in [1.54, 1.807) is 43.3 Å². The van der Waals surface area contributed by atoms with Crippen LogP contribution < -0.4 is 5.32 Å². The number of aliphatic hydroxyl groups is 2. The lowest BCUT2D eigenvalue weighted by atomic mass is 9.58. The molecule has 3 aliphatic rings. The van der Waals surface area contributed by atoms with Crippen LogP contribution in [0.3, 0.4) is 0 Å². The Kier molecular flexibility index (Phi) is 8.81. The topological polar surface area (TPSA) is 160 Å². The third-order valence-electron chi connectivity index (χ3n) is 9.74. The van der Waals surface area contributed by atoms with Gasteiger partial charge in [-0.1, -0.05) is 32.0 Å². The van der Waals surface area contributed by atoms with Gasteiger partial charge in [-0.3, -0.25) is 19.3 Å². The third-order valence-corrected chi connectivity index (χ3v) is 9.74. The molecule has 4 atom stereocenters. The number of fused-ring (bicyclic) bond motifs is 3. The molecule has 11 nitrogen and oxygen atoms in total. The van der Waals surface area contributed by atoms with E-state index in [9.17, 15) is 34.6 Å². The lowest BCUT2D eigenvalue weighted by Gasteiger charge is -2.50. The second-order valence-corrected chi connectivity index (χ2v) is 12.3. The largest absolute Gasteiger partial charge is 0.508 e. The number of carbonyl (C=O) groups is 3. The molecule has 2 aromatic rings. The summed E-state index contributed by atoms with van der Waals surface area (Å²) in [6.45, 7) is 8.50. The second kappa shape index (κ2) is 12.3. The summed E-state index contributed by atoms with van der Waals surface area (Å²) in [6, 6.07) is 9.23. The van der Waals surface area contributed by atoms with Gasteiger partial charge < -0.3 is 25.5 Å². The summed E-state index contributed by atoms with van der Waals surface area (Å²) in [5.74, 6) is -3.84. The first-order valence-corrected chi connectivity index (χ1v) is 15.3.